The molecule has 0 aromatic heterocycles. The zero-order chi connectivity index (χ0) is 5.11. The first kappa shape index (κ1) is 5.49. The highest BCUT2D eigenvalue weighted by atomic mass is 31.1. The SMILES string of the molecule is OC1CCCOP1. The highest BCUT2D eigenvalue weighted by Gasteiger charge is 2.08. The minimum Gasteiger partial charge on any atom is -0.386 e. The summed E-state index contributed by atoms with van der Waals surface area (Å²) < 4.78 is 4.96. The fourth-order valence-electron chi connectivity index (χ4n) is 0.563. The lowest BCUT2D eigenvalue weighted by Crippen LogP contribution is -2.06. The van der Waals surface area contributed by atoms with E-state index in [2.05, 4.69) is 0 Å². The summed E-state index contributed by atoms with van der Waals surface area (Å²) in [4.78, 5) is 0. The highest BCUT2D eigenvalue weighted by Crippen LogP contribution is 2.26. The number of hydrogen-bond acceptors (Lipinski definition) is 2. The van der Waals surface area contributed by atoms with E-state index in [1.165, 1.54) is 0 Å². The number of aliphatic hydroxyl groups is 1. The van der Waals surface area contributed by atoms with Gasteiger partial charge in [0.2, 0.25) is 0 Å². The van der Waals surface area contributed by atoms with Crippen molar-refractivity contribution in [2.45, 2.75) is 18.7 Å². The molecule has 1 aliphatic rings. The van der Waals surface area contributed by atoms with Crippen LogP contribution in [0.25, 0.3) is 0 Å². The Kier molecular flexibility index (Phi) is 2.04. The molecule has 7 heavy (non-hydrogen) atoms. The average Bonchev–Trinajstić information content (AvgIpc) is 1.69. The second-order valence-electron chi connectivity index (χ2n) is 1.62. The summed E-state index contributed by atoms with van der Waals surface area (Å²) in [5.74, 6) is -0.159. The average molecular weight is 120 g/mol. The highest BCUT2D eigenvalue weighted by molar-refractivity contribution is 7.32. The Morgan fingerprint density at radius 1 is 1.71 bits per heavy atom. The number of hydrogen-bond donors (Lipinski definition) is 1. The lowest BCUT2D eigenvalue weighted by atomic mass is 10.3. The molecule has 0 spiro atoms. The second kappa shape index (κ2) is 2.61. The molecule has 1 saturated heterocycles. The monoisotopic (exact) mass is 120 g/mol. The maximum absolute atomic E-state index is 8.80. The molecule has 2 unspecified atom stereocenters. The van der Waals surface area contributed by atoms with E-state index in [0.717, 1.165) is 19.4 Å². The van der Waals surface area contributed by atoms with E-state index in [4.69, 9.17) is 9.63 Å². The van der Waals surface area contributed by atoms with Crippen molar-refractivity contribution in [3.63, 3.8) is 0 Å². The largest absolute Gasteiger partial charge is 0.386 e. The van der Waals surface area contributed by atoms with E-state index >= 15 is 0 Å². The zero-order valence-corrected chi connectivity index (χ0v) is 5.05. The molecule has 0 amide bonds. The van der Waals surface area contributed by atoms with Gasteiger partial charge in [0.15, 0.2) is 0 Å². The quantitative estimate of drug-likeness (QED) is 0.477. The van der Waals surface area contributed by atoms with Crippen molar-refractivity contribution in [3.05, 3.63) is 0 Å². The van der Waals surface area contributed by atoms with Crippen LogP contribution in [0.15, 0.2) is 0 Å². The molecule has 0 radical (unpaired) electrons. The maximum atomic E-state index is 8.80. The molecule has 0 aromatic rings. The van der Waals surface area contributed by atoms with Crippen LogP contribution in [0.4, 0.5) is 0 Å². The van der Waals surface area contributed by atoms with Gasteiger partial charge in [-0.2, -0.15) is 0 Å². The number of rotatable bonds is 0. The molecule has 1 N–H and O–H groups in total. The van der Waals surface area contributed by atoms with Crippen molar-refractivity contribution in [1.29, 1.82) is 0 Å². The van der Waals surface area contributed by atoms with E-state index in [1.54, 1.807) is 0 Å². The van der Waals surface area contributed by atoms with Gasteiger partial charge in [-0.1, -0.05) is 0 Å². The van der Waals surface area contributed by atoms with Gasteiger partial charge in [-0.05, 0) is 12.8 Å². The van der Waals surface area contributed by atoms with Crippen LogP contribution in [-0.2, 0) is 4.52 Å². The van der Waals surface area contributed by atoms with Gasteiger partial charge in [-0.15, -0.1) is 0 Å². The van der Waals surface area contributed by atoms with Crippen LogP contribution in [0.2, 0.25) is 0 Å². The summed E-state index contributed by atoms with van der Waals surface area (Å²) in [6.07, 6.45) is 1.95. The Morgan fingerprint density at radius 2 is 2.57 bits per heavy atom. The van der Waals surface area contributed by atoms with E-state index in [1.807, 2.05) is 0 Å². The van der Waals surface area contributed by atoms with Crippen molar-refractivity contribution >= 4 is 8.81 Å². The Labute approximate surface area is 44.7 Å². The molecular formula is C4H9O2P. The van der Waals surface area contributed by atoms with E-state index in [0.29, 0.717) is 8.81 Å². The zero-order valence-electron chi connectivity index (χ0n) is 4.05. The molecule has 3 heteroatoms. The lowest BCUT2D eigenvalue weighted by molar-refractivity contribution is 0.188. The normalized spacial score (nSPS) is 36.4. The number of aliphatic hydroxyl groups excluding tert-OH is 1. The molecule has 2 nitrogen and oxygen atoms in total. The standard InChI is InChI=1S/C4H9O2P/c5-4-2-1-3-6-7-4/h4-5,7H,1-3H2. The minimum atomic E-state index is -0.159. The van der Waals surface area contributed by atoms with Crippen LogP contribution < -0.4 is 0 Å². The topological polar surface area (TPSA) is 29.5 Å². The summed E-state index contributed by atoms with van der Waals surface area (Å²) in [5.41, 5.74) is 0. The van der Waals surface area contributed by atoms with E-state index in [9.17, 15) is 0 Å². The van der Waals surface area contributed by atoms with Crippen LogP contribution in [0.1, 0.15) is 12.8 Å². The summed E-state index contributed by atoms with van der Waals surface area (Å²) >= 11 is 0. The summed E-state index contributed by atoms with van der Waals surface area (Å²) in [6.45, 7) is 0.843. The second-order valence-corrected chi connectivity index (χ2v) is 2.82. The van der Waals surface area contributed by atoms with Gasteiger partial charge in [0.1, 0.15) is 0 Å². The van der Waals surface area contributed by atoms with Gasteiger partial charge in [-0.3, -0.25) is 0 Å². The molecule has 0 saturated carbocycles. The van der Waals surface area contributed by atoms with Gasteiger partial charge in [-0.25, -0.2) is 0 Å². The Balaban J connectivity index is 2.12. The smallest absolute Gasteiger partial charge is 0.0952 e. The first-order chi connectivity index (χ1) is 3.39. The fraction of sp³-hybridized carbons (Fsp3) is 1.00. The van der Waals surface area contributed by atoms with Crippen molar-refractivity contribution in [2.75, 3.05) is 6.61 Å². The summed E-state index contributed by atoms with van der Waals surface area (Å²) in [5, 5.41) is 8.80. The molecule has 0 aromatic carbocycles. The molecule has 1 rings (SSSR count). The molecule has 1 heterocycles. The molecule has 1 aliphatic heterocycles. The van der Waals surface area contributed by atoms with Crippen molar-refractivity contribution in [2.24, 2.45) is 0 Å². The first-order valence-electron chi connectivity index (χ1n) is 2.45. The maximum Gasteiger partial charge on any atom is 0.0952 e. The lowest BCUT2D eigenvalue weighted by Gasteiger charge is -2.15. The van der Waals surface area contributed by atoms with E-state index < -0.39 is 0 Å². The van der Waals surface area contributed by atoms with Gasteiger partial charge in [0.25, 0.3) is 0 Å². The van der Waals surface area contributed by atoms with Gasteiger partial charge < -0.3 is 9.63 Å². The van der Waals surface area contributed by atoms with Crippen molar-refractivity contribution in [3.8, 4) is 0 Å². The molecule has 1 fully saturated rings. The van der Waals surface area contributed by atoms with Crippen LogP contribution in [0.3, 0.4) is 0 Å². The van der Waals surface area contributed by atoms with Crippen molar-refractivity contribution < 1.29 is 9.63 Å². The van der Waals surface area contributed by atoms with E-state index in [-0.39, 0.29) is 5.85 Å². The third kappa shape index (κ3) is 1.72. The Bertz CT molecular complexity index is 51.7. The third-order valence-electron chi connectivity index (χ3n) is 0.943. The van der Waals surface area contributed by atoms with Crippen LogP contribution >= 0.6 is 8.81 Å². The third-order valence-corrected chi connectivity index (χ3v) is 1.87. The first-order valence-corrected chi connectivity index (χ1v) is 3.43. The van der Waals surface area contributed by atoms with Gasteiger partial charge in [0.05, 0.1) is 12.5 Å². The predicted molar refractivity (Wildman–Crippen MR) is 29.5 cm³/mol. The molecular weight excluding hydrogens is 111 g/mol. The summed E-state index contributed by atoms with van der Waals surface area (Å²) in [6, 6.07) is 0. The van der Waals surface area contributed by atoms with Crippen LogP contribution in [0, 0.1) is 0 Å². The Morgan fingerprint density at radius 3 is 2.86 bits per heavy atom. The van der Waals surface area contributed by atoms with Gasteiger partial charge >= 0.3 is 0 Å². The molecule has 2 atom stereocenters. The van der Waals surface area contributed by atoms with Gasteiger partial charge in [0, 0.05) is 8.81 Å². The minimum absolute atomic E-state index is 0.159. The van der Waals surface area contributed by atoms with Crippen LogP contribution in [0.5, 0.6) is 0 Å². The fourth-order valence-corrected chi connectivity index (χ4v) is 1.34. The predicted octanol–water partition coefficient (Wildman–Crippen LogP) is 0.709. The Hall–Kier alpha value is 0.350. The molecule has 42 valence electrons. The molecule has 0 bridgehead atoms. The van der Waals surface area contributed by atoms with Crippen molar-refractivity contribution in [1.82, 2.24) is 0 Å². The molecule has 0 aliphatic carbocycles. The summed E-state index contributed by atoms with van der Waals surface area (Å²) in [7, 11) is 0.331. The van der Waals surface area contributed by atoms with Crippen LogP contribution in [-0.4, -0.2) is 17.6 Å².